The number of rotatable bonds is 5. The van der Waals surface area contributed by atoms with E-state index in [0.717, 1.165) is 6.54 Å². The molecule has 158 valence electrons. The lowest BCUT2D eigenvalue weighted by molar-refractivity contribution is 0.331. The summed E-state index contributed by atoms with van der Waals surface area (Å²) in [5, 5.41) is 3.83. The van der Waals surface area contributed by atoms with Gasteiger partial charge in [0.2, 0.25) is 0 Å². The third kappa shape index (κ3) is 4.43. The van der Waals surface area contributed by atoms with Crippen LogP contribution in [-0.2, 0) is 17.4 Å². The number of para-hydroxylation sites is 1. The van der Waals surface area contributed by atoms with Gasteiger partial charge in [-0.25, -0.2) is 0 Å². The van der Waals surface area contributed by atoms with Gasteiger partial charge < -0.3 is 5.32 Å². The van der Waals surface area contributed by atoms with E-state index < -0.39 is 0 Å². The number of hydrogen-bond acceptors (Lipinski definition) is 1. The minimum absolute atomic E-state index is 0.235. The number of benzene rings is 2. The molecule has 0 unspecified atom stereocenters. The Bertz CT molecular complexity index is 863. The van der Waals surface area contributed by atoms with Gasteiger partial charge in [-0.05, 0) is 69.4 Å². The Hall–Kier alpha value is -1.28. The third-order valence-corrected chi connectivity index (χ3v) is 7.59. The predicted octanol–water partition coefficient (Wildman–Crippen LogP) is 8.66. The molecule has 0 aromatic heterocycles. The molecule has 0 heterocycles. The van der Waals surface area contributed by atoms with E-state index in [4.69, 9.17) is 0 Å². The average molecular weight is 457 g/mol. The van der Waals surface area contributed by atoms with Gasteiger partial charge in [0.15, 0.2) is 0 Å². The Morgan fingerprint density at radius 3 is 1.83 bits per heavy atom. The van der Waals surface area contributed by atoms with Crippen LogP contribution in [0.25, 0.3) is 0 Å². The van der Waals surface area contributed by atoms with Crippen LogP contribution >= 0.6 is 15.9 Å². The van der Waals surface area contributed by atoms with E-state index in [1.165, 1.54) is 50.8 Å². The van der Waals surface area contributed by atoms with Gasteiger partial charge >= 0.3 is 0 Å². The lowest BCUT2D eigenvalue weighted by Crippen LogP contribution is -2.34. The second kappa shape index (κ2) is 8.10. The summed E-state index contributed by atoms with van der Waals surface area (Å²) in [6, 6.07) is 11.6. The molecule has 1 nitrogen and oxygen atoms in total. The molecule has 0 saturated heterocycles. The number of fused-ring (bicyclic) bond motifs is 1. The molecule has 2 heteroatoms. The highest BCUT2D eigenvalue weighted by molar-refractivity contribution is 9.10. The van der Waals surface area contributed by atoms with E-state index in [9.17, 15) is 0 Å². The van der Waals surface area contributed by atoms with Crippen molar-refractivity contribution in [1.82, 2.24) is 0 Å². The summed E-state index contributed by atoms with van der Waals surface area (Å²) >= 11 is 3.89. The van der Waals surface area contributed by atoms with Gasteiger partial charge in [-0.1, -0.05) is 95.6 Å². The van der Waals surface area contributed by atoms with Gasteiger partial charge in [0.1, 0.15) is 0 Å². The number of halogens is 1. The number of hydrogen-bond donors (Lipinski definition) is 1. The quantitative estimate of drug-likeness (QED) is 0.475. The molecule has 1 N–H and O–H groups in total. The first-order chi connectivity index (χ1) is 13.4. The fraction of sp³-hybridized carbons (Fsp3) is 0.556. The summed E-state index contributed by atoms with van der Waals surface area (Å²) < 4.78 is 1.22. The first-order valence-corrected chi connectivity index (χ1v) is 11.9. The van der Waals surface area contributed by atoms with Crippen molar-refractivity contribution in [1.29, 1.82) is 0 Å². The molecule has 1 aliphatic rings. The largest absolute Gasteiger partial charge is 0.380 e. The van der Waals surface area contributed by atoms with Crippen molar-refractivity contribution in [3.05, 3.63) is 62.6 Å². The predicted molar refractivity (Wildman–Crippen MR) is 131 cm³/mol. The van der Waals surface area contributed by atoms with E-state index >= 15 is 0 Å². The Morgan fingerprint density at radius 1 is 0.862 bits per heavy atom. The first-order valence-electron chi connectivity index (χ1n) is 11.1. The molecule has 0 amide bonds. The van der Waals surface area contributed by atoms with Gasteiger partial charge in [-0.15, -0.1) is 0 Å². The highest BCUT2D eigenvalue weighted by atomic mass is 79.9. The van der Waals surface area contributed by atoms with Crippen LogP contribution in [0.3, 0.4) is 0 Å². The molecule has 0 spiro atoms. The zero-order chi connectivity index (χ0) is 21.6. The minimum Gasteiger partial charge on any atom is -0.380 e. The summed E-state index contributed by atoms with van der Waals surface area (Å²) in [5.74, 6) is 1.01. The Morgan fingerprint density at radius 2 is 1.34 bits per heavy atom. The average Bonchev–Trinajstić information content (AvgIpc) is 2.63. The maximum Gasteiger partial charge on any atom is 0.0413 e. The highest BCUT2D eigenvalue weighted by Gasteiger charge is 2.37. The van der Waals surface area contributed by atoms with Crippen LogP contribution in [0.1, 0.15) is 108 Å². The van der Waals surface area contributed by atoms with E-state index in [-0.39, 0.29) is 10.8 Å². The first kappa shape index (κ1) is 22.4. The molecule has 3 rings (SSSR count). The molecule has 2 aromatic rings. The van der Waals surface area contributed by atoms with Gasteiger partial charge in [0.25, 0.3) is 0 Å². The summed E-state index contributed by atoms with van der Waals surface area (Å²) in [4.78, 5) is 0. The van der Waals surface area contributed by atoms with Crippen LogP contribution in [0, 0.1) is 0 Å². The molecule has 1 aliphatic carbocycles. The normalized spacial score (nSPS) is 17.5. The van der Waals surface area contributed by atoms with Crippen molar-refractivity contribution in [2.75, 3.05) is 5.32 Å². The second-order valence-corrected chi connectivity index (χ2v) is 11.6. The molecule has 0 saturated carbocycles. The van der Waals surface area contributed by atoms with Crippen LogP contribution in [0.4, 0.5) is 5.69 Å². The Labute approximate surface area is 186 Å². The highest BCUT2D eigenvalue weighted by Crippen LogP contribution is 2.47. The van der Waals surface area contributed by atoms with Crippen molar-refractivity contribution < 1.29 is 0 Å². The van der Waals surface area contributed by atoms with Gasteiger partial charge in [0, 0.05) is 16.7 Å². The molecule has 29 heavy (non-hydrogen) atoms. The third-order valence-electron chi connectivity index (χ3n) is 6.85. The SMILES string of the molecule is CC(C)c1cccc(C(C)C)c1NCc1cc2c(cc1Br)C(C)(C)CCC2(C)C. The van der Waals surface area contributed by atoms with Crippen LogP contribution in [0.2, 0.25) is 0 Å². The van der Waals surface area contributed by atoms with Crippen molar-refractivity contribution >= 4 is 21.6 Å². The number of nitrogens with one attached hydrogen (secondary N) is 1. The summed E-state index contributed by atoms with van der Waals surface area (Å²) in [6.45, 7) is 19.5. The maximum absolute atomic E-state index is 3.89. The molecule has 0 fully saturated rings. The van der Waals surface area contributed by atoms with Crippen molar-refractivity contribution in [3.8, 4) is 0 Å². The van der Waals surface area contributed by atoms with Crippen molar-refractivity contribution in [3.63, 3.8) is 0 Å². The molecule has 0 bridgehead atoms. The summed E-state index contributed by atoms with van der Waals surface area (Å²) in [7, 11) is 0. The van der Waals surface area contributed by atoms with Gasteiger partial charge in [-0.3, -0.25) is 0 Å². The monoisotopic (exact) mass is 455 g/mol. The maximum atomic E-state index is 3.89. The molecule has 0 atom stereocenters. The van der Waals surface area contributed by atoms with Crippen LogP contribution in [-0.4, -0.2) is 0 Å². The van der Waals surface area contributed by atoms with Gasteiger partial charge in [-0.2, -0.15) is 0 Å². The van der Waals surface area contributed by atoms with Crippen LogP contribution in [0.15, 0.2) is 34.8 Å². The molecule has 0 radical (unpaired) electrons. The van der Waals surface area contributed by atoms with E-state index in [2.05, 4.69) is 107 Å². The fourth-order valence-corrected chi connectivity index (χ4v) is 5.19. The Kier molecular flexibility index (Phi) is 6.26. The fourth-order valence-electron chi connectivity index (χ4n) is 4.71. The second-order valence-electron chi connectivity index (χ2n) is 10.7. The Balaban J connectivity index is 2.00. The molecule has 2 aromatic carbocycles. The van der Waals surface area contributed by atoms with Crippen molar-refractivity contribution in [2.24, 2.45) is 0 Å². The van der Waals surface area contributed by atoms with E-state index in [1.807, 2.05) is 0 Å². The molecular weight excluding hydrogens is 418 g/mol. The molecular formula is C27H38BrN. The van der Waals surface area contributed by atoms with Gasteiger partial charge in [0.05, 0.1) is 0 Å². The number of anilines is 1. The van der Waals surface area contributed by atoms with Crippen LogP contribution in [0.5, 0.6) is 0 Å². The van der Waals surface area contributed by atoms with E-state index in [1.54, 1.807) is 0 Å². The summed E-state index contributed by atoms with van der Waals surface area (Å²) in [6.07, 6.45) is 2.49. The van der Waals surface area contributed by atoms with Crippen molar-refractivity contribution in [2.45, 2.75) is 97.4 Å². The zero-order valence-electron chi connectivity index (χ0n) is 19.5. The smallest absolute Gasteiger partial charge is 0.0413 e. The lowest BCUT2D eigenvalue weighted by Gasteiger charge is -2.42. The molecule has 0 aliphatic heterocycles. The minimum atomic E-state index is 0.235. The van der Waals surface area contributed by atoms with Crippen LogP contribution < -0.4 is 5.32 Å². The summed E-state index contributed by atoms with van der Waals surface area (Å²) in [5.41, 5.74) is 9.00. The zero-order valence-corrected chi connectivity index (χ0v) is 21.1. The lowest BCUT2D eigenvalue weighted by atomic mass is 9.63. The standard InChI is InChI=1S/C27H38BrN/c1-17(2)20-10-9-11-21(18(3)4)25(20)29-16-19-14-22-23(15-24(19)28)27(7,8)13-12-26(22,5)6/h9-11,14-15,17-18,29H,12-13,16H2,1-8H3. The van der Waals surface area contributed by atoms with E-state index in [0.29, 0.717) is 11.8 Å². The topological polar surface area (TPSA) is 12.0 Å².